The maximum atomic E-state index is 11.8. The molecule has 1 atom stereocenters. The lowest BCUT2D eigenvalue weighted by atomic mass is 9.84. The molecule has 2 aromatic carbocycles. The molecule has 1 fully saturated rings. The molecular weight excluding hydrogens is 464 g/mol. The van der Waals surface area contributed by atoms with Crippen LogP contribution in [-0.2, 0) is 22.4 Å². The van der Waals surface area contributed by atoms with Gasteiger partial charge in [0.05, 0.1) is 6.42 Å². The van der Waals surface area contributed by atoms with Crippen molar-refractivity contribution in [2.75, 3.05) is 13.2 Å². The Hall–Kier alpha value is -3.12. The van der Waals surface area contributed by atoms with Gasteiger partial charge in [0.15, 0.2) is 0 Å². The molecule has 0 radical (unpaired) electrons. The van der Waals surface area contributed by atoms with Gasteiger partial charge in [0.1, 0.15) is 23.7 Å². The standard InChI is InChI=1S/C31H40N2O4/c1-20-21(2)29-27(22(3)26(20)9-7-5-6-8-16-32)14-15-31(4,37-29)19-36-25-12-10-23(11-13-25)17-24-18-28(34)33-30(24)35/h10-13,17H,5-9,14-16,18-19,32H2,1-4H3,(H,33,34,35)/b24-17+/t31-/m1/s1. The molecule has 0 bridgehead atoms. The molecule has 0 aromatic heterocycles. The Labute approximate surface area is 220 Å². The van der Waals surface area contributed by atoms with Gasteiger partial charge in [-0.15, -0.1) is 0 Å². The number of ether oxygens (including phenoxy) is 2. The second-order valence-corrected chi connectivity index (χ2v) is 10.7. The lowest BCUT2D eigenvalue weighted by Crippen LogP contribution is -2.42. The van der Waals surface area contributed by atoms with Crippen molar-refractivity contribution in [3.63, 3.8) is 0 Å². The number of carbonyl (C=O) groups is 2. The van der Waals surface area contributed by atoms with Gasteiger partial charge in [-0.05, 0) is 118 Å². The molecule has 2 aliphatic heterocycles. The van der Waals surface area contributed by atoms with Crippen LogP contribution >= 0.6 is 0 Å². The molecule has 198 valence electrons. The fourth-order valence-corrected chi connectivity index (χ4v) is 5.38. The summed E-state index contributed by atoms with van der Waals surface area (Å²) >= 11 is 0. The summed E-state index contributed by atoms with van der Waals surface area (Å²) < 4.78 is 12.8. The van der Waals surface area contributed by atoms with Crippen molar-refractivity contribution in [1.29, 1.82) is 0 Å². The second kappa shape index (κ2) is 11.5. The molecule has 0 saturated carbocycles. The Bertz CT molecular complexity index is 1200. The summed E-state index contributed by atoms with van der Waals surface area (Å²) in [4.78, 5) is 23.2. The van der Waals surface area contributed by atoms with Gasteiger partial charge in [0, 0.05) is 5.57 Å². The van der Waals surface area contributed by atoms with E-state index in [1.165, 1.54) is 47.1 Å². The van der Waals surface area contributed by atoms with E-state index in [0.29, 0.717) is 12.2 Å². The first-order valence-corrected chi connectivity index (χ1v) is 13.5. The minimum absolute atomic E-state index is 0.128. The summed E-state index contributed by atoms with van der Waals surface area (Å²) in [6, 6.07) is 7.57. The van der Waals surface area contributed by atoms with Crippen LogP contribution in [0.5, 0.6) is 11.5 Å². The van der Waals surface area contributed by atoms with E-state index in [-0.39, 0.29) is 18.2 Å². The highest BCUT2D eigenvalue weighted by atomic mass is 16.5. The summed E-state index contributed by atoms with van der Waals surface area (Å²) in [7, 11) is 0. The van der Waals surface area contributed by atoms with Crippen LogP contribution in [0.3, 0.4) is 0 Å². The number of nitrogens with one attached hydrogen (secondary N) is 1. The van der Waals surface area contributed by atoms with Crippen molar-refractivity contribution in [1.82, 2.24) is 5.32 Å². The Morgan fingerprint density at radius 2 is 1.76 bits per heavy atom. The number of carbonyl (C=O) groups excluding carboxylic acids is 2. The predicted molar refractivity (Wildman–Crippen MR) is 147 cm³/mol. The van der Waals surface area contributed by atoms with E-state index in [1.807, 2.05) is 24.3 Å². The molecular formula is C31H40N2O4. The second-order valence-electron chi connectivity index (χ2n) is 10.7. The number of unbranched alkanes of at least 4 members (excludes halogenated alkanes) is 3. The number of hydrogen-bond acceptors (Lipinski definition) is 5. The van der Waals surface area contributed by atoms with E-state index < -0.39 is 5.60 Å². The molecule has 2 aromatic rings. The molecule has 6 nitrogen and oxygen atoms in total. The van der Waals surface area contributed by atoms with Crippen LogP contribution in [0.15, 0.2) is 29.8 Å². The summed E-state index contributed by atoms with van der Waals surface area (Å²) in [5.41, 5.74) is 13.4. The van der Waals surface area contributed by atoms with Gasteiger partial charge in [-0.3, -0.25) is 14.9 Å². The zero-order valence-corrected chi connectivity index (χ0v) is 22.7. The minimum atomic E-state index is -0.413. The van der Waals surface area contributed by atoms with Crippen LogP contribution in [0.1, 0.15) is 78.8 Å². The topological polar surface area (TPSA) is 90.6 Å². The number of nitrogens with two attached hydrogens (primary N) is 1. The maximum absolute atomic E-state index is 11.8. The van der Waals surface area contributed by atoms with Crippen LogP contribution in [0, 0.1) is 20.8 Å². The van der Waals surface area contributed by atoms with E-state index >= 15 is 0 Å². The van der Waals surface area contributed by atoms with Crippen LogP contribution in [0.4, 0.5) is 0 Å². The Kier molecular flexibility index (Phi) is 8.38. The molecule has 3 N–H and O–H groups in total. The highest BCUT2D eigenvalue weighted by Gasteiger charge is 2.35. The first kappa shape index (κ1) is 26.9. The van der Waals surface area contributed by atoms with Gasteiger partial charge in [0.25, 0.3) is 5.91 Å². The van der Waals surface area contributed by atoms with Crippen LogP contribution in [0.25, 0.3) is 6.08 Å². The fourth-order valence-electron chi connectivity index (χ4n) is 5.38. The predicted octanol–water partition coefficient (Wildman–Crippen LogP) is 5.27. The fraction of sp³-hybridized carbons (Fsp3) is 0.484. The summed E-state index contributed by atoms with van der Waals surface area (Å²) in [5, 5.41) is 2.31. The molecule has 0 unspecified atom stereocenters. The third-order valence-corrected chi connectivity index (χ3v) is 7.83. The van der Waals surface area contributed by atoms with E-state index in [1.54, 1.807) is 6.08 Å². The average molecular weight is 505 g/mol. The Morgan fingerprint density at radius 3 is 2.43 bits per heavy atom. The SMILES string of the molecule is Cc1c(C)c2c(c(C)c1CCCCCCN)CC[C@](C)(COc1ccc(/C=C3\CC(=O)NC3=O)cc1)O2. The molecule has 37 heavy (non-hydrogen) atoms. The van der Waals surface area contributed by atoms with Crippen molar-refractivity contribution in [3.8, 4) is 11.5 Å². The highest BCUT2D eigenvalue weighted by Crippen LogP contribution is 2.41. The zero-order valence-electron chi connectivity index (χ0n) is 22.7. The highest BCUT2D eigenvalue weighted by molar-refractivity contribution is 6.15. The molecule has 0 spiro atoms. The lowest BCUT2D eigenvalue weighted by molar-refractivity contribution is -0.124. The number of benzene rings is 2. The smallest absolute Gasteiger partial charge is 0.254 e. The average Bonchev–Trinajstić information content (AvgIpc) is 3.20. The molecule has 4 rings (SSSR count). The normalized spacial score (nSPS) is 20.1. The van der Waals surface area contributed by atoms with Gasteiger partial charge < -0.3 is 15.2 Å². The van der Waals surface area contributed by atoms with E-state index in [2.05, 4.69) is 33.0 Å². The Morgan fingerprint density at radius 1 is 1.03 bits per heavy atom. The molecule has 6 heteroatoms. The third kappa shape index (κ3) is 6.24. The molecule has 2 aliphatic rings. The summed E-state index contributed by atoms with van der Waals surface area (Å²) in [6.07, 6.45) is 9.61. The summed E-state index contributed by atoms with van der Waals surface area (Å²) in [5.74, 6) is 1.21. The third-order valence-electron chi connectivity index (χ3n) is 7.83. The van der Waals surface area contributed by atoms with Crippen molar-refractivity contribution < 1.29 is 19.1 Å². The molecule has 2 heterocycles. The first-order valence-electron chi connectivity index (χ1n) is 13.5. The van der Waals surface area contributed by atoms with Crippen LogP contribution < -0.4 is 20.5 Å². The number of hydrogen-bond donors (Lipinski definition) is 2. The Balaban J connectivity index is 1.40. The largest absolute Gasteiger partial charge is 0.489 e. The van der Waals surface area contributed by atoms with E-state index in [4.69, 9.17) is 15.2 Å². The monoisotopic (exact) mass is 504 g/mol. The number of imide groups is 1. The minimum Gasteiger partial charge on any atom is -0.489 e. The quantitative estimate of drug-likeness (QED) is 0.261. The van der Waals surface area contributed by atoms with Crippen molar-refractivity contribution in [3.05, 3.63) is 63.2 Å². The lowest BCUT2D eigenvalue weighted by Gasteiger charge is -2.38. The van der Waals surface area contributed by atoms with Crippen molar-refractivity contribution in [2.24, 2.45) is 5.73 Å². The number of amides is 2. The van der Waals surface area contributed by atoms with Gasteiger partial charge >= 0.3 is 0 Å². The first-order chi connectivity index (χ1) is 17.7. The van der Waals surface area contributed by atoms with E-state index in [0.717, 1.165) is 49.3 Å². The van der Waals surface area contributed by atoms with Crippen molar-refractivity contribution in [2.45, 2.75) is 84.7 Å². The summed E-state index contributed by atoms with van der Waals surface area (Å²) in [6.45, 7) is 10.0. The molecule has 1 saturated heterocycles. The van der Waals surface area contributed by atoms with E-state index in [9.17, 15) is 9.59 Å². The van der Waals surface area contributed by atoms with Crippen LogP contribution in [0.2, 0.25) is 0 Å². The van der Waals surface area contributed by atoms with Crippen molar-refractivity contribution >= 4 is 17.9 Å². The number of rotatable bonds is 10. The molecule has 0 aliphatic carbocycles. The van der Waals surface area contributed by atoms with Gasteiger partial charge in [-0.25, -0.2) is 0 Å². The maximum Gasteiger partial charge on any atom is 0.254 e. The van der Waals surface area contributed by atoms with Crippen LogP contribution in [-0.4, -0.2) is 30.6 Å². The number of fused-ring (bicyclic) bond motifs is 1. The van der Waals surface area contributed by atoms with Gasteiger partial charge in [-0.2, -0.15) is 0 Å². The molecule has 2 amide bonds. The van der Waals surface area contributed by atoms with Gasteiger partial charge in [-0.1, -0.05) is 25.0 Å². The zero-order chi connectivity index (χ0) is 26.6. The van der Waals surface area contributed by atoms with Gasteiger partial charge in [0.2, 0.25) is 5.91 Å².